The second-order valence-electron chi connectivity index (χ2n) is 7.34. The Kier molecular flexibility index (Phi) is 4.77. The van der Waals surface area contributed by atoms with Crippen molar-refractivity contribution < 1.29 is 9.59 Å². The standard InChI is InChI=1S/C25H22N2O2/c1-16-10-13-20(14-11-16)26-23-22(19-7-5-4-6-8-19)24(28)27(25(23)29)21-15-17(2)9-12-18(21)3/h4-15,26H,1-3H3. The number of benzene rings is 3. The molecule has 1 aliphatic rings. The van der Waals surface area contributed by atoms with Crippen LogP contribution in [0.5, 0.6) is 0 Å². The normalized spacial score (nSPS) is 14.0. The van der Waals surface area contributed by atoms with Crippen LogP contribution >= 0.6 is 0 Å². The number of carbonyl (C=O) groups is 2. The first-order valence-corrected chi connectivity index (χ1v) is 9.55. The van der Waals surface area contributed by atoms with E-state index in [-0.39, 0.29) is 11.8 Å². The molecule has 0 saturated carbocycles. The van der Waals surface area contributed by atoms with Gasteiger partial charge in [0.05, 0.1) is 11.3 Å². The van der Waals surface area contributed by atoms with E-state index in [0.717, 1.165) is 22.4 Å². The zero-order valence-corrected chi connectivity index (χ0v) is 16.7. The van der Waals surface area contributed by atoms with E-state index in [0.29, 0.717) is 22.5 Å². The third kappa shape index (κ3) is 3.45. The molecule has 0 saturated heterocycles. The molecule has 0 fully saturated rings. The Balaban J connectivity index is 1.84. The van der Waals surface area contributed by atoms with Crippen molar-refractivity contribution in [2.75, 3.05) is 10.2 Å². The third-order valence-electron chi connectivity index (χ3n) is 5.07. The van der Waals surface area contributed by atoms with E-state index in [4.69, 9.17) is 0 Å². The SMILES string of the molecule is Cc1ccc(NC2=C(c3ccccc3)C(=O)N(c3cc(C)ccc3C)C2=O)cc1. The van der Waals surface area contributed by atoms with Gasteiger partial charge in [-0.1, -0.05) is 60.2 Å². The lowest BCUT2D eigenvalue weighted by Crippen LogP contribution is -2.33. The summed E-state index contributed by atoms with van der Waals surface area (Å²) >= 11 is 0. The van der Waals surface area contributed by atoms with Gasteiger partial charge in [0.25, 0.3) is 11.8 Å². The molecule has 0 radical (unpaired) electrons. The third-order valence-corrected chi connectivity index (χ3v) is 5.07. The molecule has 3 aromatic rings. The highest BCUT2D eigenvalue weighted by Gasteiger charge is 2.40. The minimum Gasteiger partial charge on any atom is -0.350 e. The van der Waals surface area contributed by atoms with Crippen LogP contribution in [0.1, 0.15) is 22.3 Å². The number of amides is 2. The molecule has 144 valence electrons. The van der Waals surface area contributed by atoms with Crippen LogP contribution in [0.4, 0.5) is 11.4 Å². The van der Waals surface area contributed by atoms with Crippen molar-refractivity contribution in [3.63, 3.8) is 0 Å². The van der Waals surface area contributed by atoms with Gasteiger partial charge in [0, 0.05) is 5.69 Å². The molecule has 0 bridgehead atoms. The average molecular weight is 382 g/mol. The largest absolute Gasteiger partial charge is 0.350 e. The van der Waals surface area contributed by atoms with Crippen LogP contribution in [0.15, 0.2) is 78.5 Å². The first-order valence-electron chi connectivity index (χ1n) is 9.55. The van der Waals surface area contributed by atoms with Crippen LogP contribution in [0, 0.1) is 20.8 Å². The van der Waals surface area contributed by atoms with E-state index >= 15 is 0 Å². The van der Waals surface area contributed by atoms with Gasteiger partial charge in [-0.25, -0.2) is 4.90 Å². The highest BCUT2D eigenvalue weighted by Crippen LogP contribution is 2.35. The van der Waals surface area contributed by atoms with Crippen molar-refractivity contribution in [3.8, 4) is 0 Å². The fourth-order valence-electron chi connectivity index (χ4n) is 3.48. The predicted octanol–water partition coefficient (Wildman–Crippen LogP) is 5.01. The molecule has 4 heteroatoms. The lowest BCUT2D eigenvalue weighted by atomic mass is 10.0. The number of nitrogens with one attached hydrogen (secondary N) is 1. The second kappa shape index (κ2) is 7.40. The molecule has 0 spiro atoms. The second-order valence-corrected chi connectivity index (χ2v) is 7.34. The zero-order chi connectivity index (χ0) is 20.5. The van der Waals surface area contributed by atoms with Gasteiger partial charge >= 0.3 is 0 Å². The van der Waals surface area contributed by atoms with E-state index in [9.17, 15) is 9.59 Å². The van der Waals surface area contributed by atoms with Crippen molar-refractivity contribution in [3.05, 3.63) is 101 Å². The summed E-state index contributed by atoms with van der Waals surface area (Å²) < 4.78 is 0. The molecule has 29 heavy (non-hydrogen) atoms. The maximum Gasteiger partial charge on any atom is 0.282 e. The highest BCUT2D eigenvalue weighted by atomic mass is 16.2. The van der Waals surface area contributed by atoms with E-state index in [2.05, 4.69) is 5.32 Å². The van der Waals surface area contributed by atoms with Gasteiger partial charge < -0.3 is 5.32 Å². The Morgan fingerprint density at radius 3 is 2.07 bits per heavy atom. The topological polar surface area (TPSA) is 49.4 Å². The summed E-state index contributed by atoms with van der Waals surface area (Å²) in [4.78, 5) is 28.1. The van der Waals surface area contributed by atoms with Gasteiger partial charge in [0.2, 0.25) is 0 Å². The van der Waals surface area contributed by atoms with Crippen molar-refractivity contribution in [2.45, 2.75) is 20.8 Å². The molecule has 4 nitrogen and oxygen atoms in total. The predicted molar refractivity (Wildman–Crippen MR) is 117 cm³/mol. The molecule has 1 N–H and O–H groups in total. The first-order chi connectivity index (χ1) is 14.0. The number of anilines is 2. The number of carbonyl (C=O) groups excluding carboxylic acids is 2. The number of rotatable bonds is 4. The molecular formula is C25H22N2O2. The summed E-state index contributed by atoms with van der Waals surface area (Å²) in [6, 6.07) is 22.8. The maximum absolute atomic E-state index is 13.4. The number of imide groups is 1. The molecule has 2 amide bonds. The minimum absolute atomic E-state index is 0.297. The smallest absolute Gasteiger partial charge is 0.282 e. The van der Waals surface area contributed by atoms with Gasteiger partial charge in [0.1, 0.15) is 5.70 Å². The van der Waals surface area contributed by atoms with Crippen LogP contribution in [0.3, 0.4) is 0 Å². The Hall–Kier alpha value is -3.66. The number of nitrogens with zero attached hydrogens (tertiary/aromatic N) is 1. The van der Waals surface area contributed by atoms with E-state index in [1.165, 1.54) is 4.90 Å². The van der Waals surface area contributed by atoms with E-state index in [1.54, 1.807) is 0 Å². The molecule has 0 unspecified atom stereocenters. The lowest BCUT2D eigenvalue weighted by molar-refractivity contribution is -0.120. The molecule has 1 heterocycles. The summed E-state index contributed by atoms with van der Waals surface area (Å²) in [7, 11) is 0. The molecule has 3 aromatic carbocycles. The van der Waals surface area contributed by atoms with Crippen molar-refractivity contribution in [1.82, 2.24) is 0 Å². The van der Waals surface area contributed by atoms with Crippen LogP contribution in [0.2, 0.25) is 0 Å². The minimum atomic E-state index is -0.344. The average Bonchev–Trinajstić information content (AvgIpc) is 2.96. The summed E-state index contributed by atoms with van der Waals surface area (Å²) in [5.41, 5.74) is 5.78. The van der Waals surface area contributed by atoms with Crippen LogP contribution < -0.4 is 10.2 Å². The Bertz CT molecular complexity index is 1130. The monoisotopic (exact) mass is 382 g/mol. The van der Waals surface area contributed by atoms with Crippen molar-refractivity contribution in [2.24, 2.45) is 0 Å². The van der Waals surface area contributed by atoms with Gasteiger partial charge in [-0.05, 0) is 55.7 Å². The van der Waals surface area contributed by atoms with Crippen LogP contribution in [0.25, 0.3) is 5.57 Å². The molecular weight excluding hydrogens is 360 g/mol. The van der Waals surface area contributed by atoms with Gasteiger partial charge in [-0.15, -0.1) is 0 Å². The zero-order valence-electron chi connectivity index (χ0n) is 16.7. The summed E-state index contributed by atoms with van der Waals surface area (Å²) in [6.07, 6.45) is 0. The Morgan fingerprint density at radius 1 is 0.724 bits per heavy atom. The quantitative estimate of drug-likeness (QED) is 0.646. The molecule has 1 aliphatic heterocycles. The van der Waals surface area contributed by atoms with Gasteiger partial charge in [-0.3, -0.25) is 9.59 Å². The summed E-state index contributed by atoms with van der Waals surface area (Å²) in [6.45, 7) is 5.86. The van der Waals surface area contributed by atoms with Gasteiger partial charge in [0.15, 0.2) is 0 Å². The summed E-state index contributed by atoms with van der Waals surface area (Å²) in [5.74, 6) is -0.660. The number of hydrogen-bond acceptors (Lipinski definition) is 3. The summed E-state index contributed by atoms with van der Waals surface area (Å²) in [5, 5.41) is 3.20. The van der Waals surface area contributed by atoms with E-state index < -0.39 is 0 Å². The Labute approximate surface area is 170 Å². The number of aryl methyl sites for hydroxylation is 3. The van der Waals surface area contributed by atoms with Crippen molar-refractivity contribution >= 4 is 28.8 Å². The number of hydrogen-bond donors (Lipinski definition) is 1. The maximum atomic E-state index is 13.4. The fraction of sp³-hybridized carbons (Fsp3) is 0.120. The van der Waals surface area contributed by atoms with Crippen LogP contribution in [-0.2, 0) is 9.59 Å². The van der Waals surface area contributed by atoms with Crippen molar-refractivity contribution in [1.29, 1.82) is 0 Å². The molecule has 0 aliphatic carbocycles. The Morgan fingerprint density at radius 2 is 1.38 bits per heavy atom. The highest BCUT2D eigenvalue weighted by molar-refractivity contribution is 6.46. The first kappa shape index (κ1) is 18.7. The molecule has 0 aromatic heterocycles. The fourth-order valence-corrected chi connectivity index (χ4v) is 3.48. The van der Waals surface area contributed by atoms with Crippen LogP contribution in [-0.4, -0.2) is 11.8 Å². The van der Waals surface area contributed by atoms with Gasteiger partial charge in [-0.2, -0.15) is 0 Å². The molecule has 0 atom stereocenters. The molecule has 4 rings (SSSR count). The van der Waals surface area contributed by atoms with E-state index in [1.807, 2.05) is 93.6 Å². The lowest BCUT2D eigenvalue weighted by Gasteiger charge is -2.18.